The lowest BCUT2D eigenvalue weighted by molar-refractivity contribution is -0.274. The Balaban J connectivity index is 2.60. The zero-order valence-electron chi connectivity index (χ0n) is 12.0. The molecule has 6 nitrogen and oxygen atoms in total. The standard InChI is InChI=1S/C13H17F3N2O4S/c14-13(15,16)22-10-3-1-2-9(8-10)4-6-23(18,21)7-5-11(17)12(19)20/h1-3,8,11,18H,4-7,17H2,(H,19,20)/t11-,23?/m0/s1. The Morgan fingerprint density at radius 2 is 2.04 bits per heavy atom. The maximum absolute atomic E-state index is 12.1. The predicted octanol–water partition coefficient (Wildman–Crippen LogP) is 1.98. The molecular weight excluding hydrogens is 337 g/mol. The van der Waals surface area contributed by atoms with Crippen molar-refractivity contribution in [3.63, 3.8) is 0 Å². The number of aryl methyl sites for hydroxylation is 1. The van der Waals surface area contributed by atoms with E-state index in [1.54, 1.807) is 0 Å². The van der Waals surface area contributed by atoms with Gasteiger partial charge in [-0.05, 0) is 30.5 Å². The van der Waals surface area contributed by atoms with Crippen molar-refractivity contribution in [2.75, 3.05) is 11.5 Å². The van der Waals surface area contributed by atoms with Crippen LogP contribution in [0.3, 0.4) is 0 Å². The van der Waals surface area contributed by atoms with E-state index in [-0.39, 0.29) is 30.1 Å². The molecule has 23 heavy (non-hydrogen) atoms. The van der Waals surface area contributed by atoms with E-state index in [2.05, 4.69) is 4.74 Å². The minimum absolute atomic E-state index is 0.102. The first-order chi connectivity index (χ1) is 10.5. The molecule has 0 bridgehead atoms. The Bertz CT molecular complexity index is 647. The molecule has 4 N–H and O–H groups in total. The minimum Gasteiger partial charge on any atom is -0.480 e. The van der Waals surface area contributed by atoms with Crippen LogP contribution >= 0.6 is 0 Å². The summed E-state index contributed by atoms with van der Waals surface area (Å²) < 4.78 is 59.9. The average Bonchev–Trinajstić information content (AvgIpc) is 2.41. The third-order valence-electron chi connectivity index (χ3n) is 2.93. The van der Waals surface area contributed by atoms with Crippen molar-refractivity contribution in [2.45, 2.75) is 25.2 Å². The van der Waals surface area contributed by atoms with Gasteiger partial charge in [-0.25, -0.2) is 4.21 Å². The van der Waals surface area contributed by atoms with E-state index in [9.17, 15) is 22.2 Å². The Hall–Kier alpha value is -1.81. The first-order valence-corrected chi connectivity index (χ1v) is 8.45. The fourth-order valence-corrected chi connectivity index (χ4v) is 3.13. The summed E-state index contributed by atoms with van der Waals surface area (Å²) in [5.41, 5.74) is 5.72. The third-order valence-corrected chi connectivity index (χ3v) is 4.69. The summed E-state index contributed by atoms with van der Waals surface area (Å²) in [4.78, 5) is 10.6. The van der Waals surface area contributed by atoms with E-state index in [0.29, 0.717) is 5.56 Å². The van der Waals surface area contributed by atoms with Crippen molar-refractivity contribution in [2.24, 2.45) is 5.73 Å². The molecule has 0 radical (unpaired) electrons. The first kappa shape index (κ1) is 19.2. The highest BCUT2D eigenvalue weighted by molar-refractivity contribution is 7.92. The number of benzene rings is 1. The fourth-order valence-electron chi connectivity index (χ4n) is 1.72. The number of hydrogen-bond donors (Lipinski definition) is 3. The fraction of sp³-hybridized carbons (Fsp3) is 0.462. The van der Waals surface area contributed by atoms with Crippen molar-refractivity contribution >= 4 is 15.7 Å². The zero-order chi connectivity index (χ0) is 17.7. The Morgan fingerprint density at radius 1 is 1.39 bits per heavy atom. The molecule has 1 unspecified atom stereocenters. The van der Waals surface area contributed by atoms with Crippen molar-refractivity contribution in [1.29, 1.82) is 4.78 Å². The monoisotopic (exact) mass is 354 g/mol. The van der Waals surface area contributed by atoms with Gasteiger partial charge in [-0.15, -0.1) is 13.2 Å². The molecule has 0 fully saturated rings. The van der Waals surface area contributed by atoms with Crippen LogP contribution in [0.2, 0.25) is 0 Å². The van der Waals surface area contributed by atoms with Crippen LogP contribution in [0.4, 0.5) is 13.2 Å². The molecule has 1 aromatic rings. The van der Waals surface area contributed by atoms with Gasteiger partial charge < -0.3 is 15.6 Å². The number of rotatable bonds is 8. The van der Waals surface area contributed by atoms with Crippen LogP contribution in [0.1, 0.15) is 12.0 Å². The summed E-state index contributed by atoms with van der Waals surface area (Å²) in [6.07, 6.45) is -4.79. The van der Waals surface area contributed by atoms with E-state index in [0.717, 1.165) is 12.1 Å². The maximum Gasteiger partial charge on any atom is 0.573 e. The SMILES string of the molecule is N=S(=O)(CCc1cccc(OC(F)(F)F)c1)CC[C@H](N)C(=O)O. The lowest BCUT2D eigenvalue weighted by Crippen LogP contribution is -2.32. The number of aliphatic carboxylic acids is 1. The molecule has 0 aliphatic carbocycles. The molecule has 0 spiro atoms. The molecule has 10 heteroatoms. The van der Waals surface area contributed by atoms with Gasteiger partial charge in [0.05, 0.1) is 0 Å². The van der Waals surface area contributed by atoms with Crippen LogP contribution < -0.4 is 10.5 Å². The Kier molecular flexibility index (Phi) is 6.39. The second-order valence-electron chi connectivity index (χ2n) is 4.90. The zero-order valence-corrected chi connectivity index (χ0v) is 12.8. The quantitative estimate of drug-likeness (QED) is 0.660. The second kappa shape index (κ2) is 7.64. The van der Waals surface area contributed by atoms with E-state index in [4.69, 9.17) is 15.6 Å². The molecule has 0 aromatic heterocycles. The van der Waals surface area contributed by atoms with Crippen LogP contribution in [-0.2, 0) is 20.9 Å². The third kappa shape index (κ3) is 7.84. The number of nitrogens with one attached hydrogen (secondary N) is 1. The van der Waals surface area contributed by atoms with E-state index in [1.807, 2.05) is 0 Å². The number of carbonyl (C=O) groups is 1. The number of carboxylic acids is 1. The lowest BCUT2D eigenvalue weighted by Gasteiger charge is -2.12. The predicted molar refractivity (Wildman–Crippen MR) is 77.7 cm³/mol. The Labute approximate surface area is 131 Å². The van der Waals surface area contributed by atoms with E-state index >= 15 is 0 Å². The van der Waals surface area contributed by atoms with Crippen LogP contribution in [0, 0.1) is 4.78 Å². The highest BCUT2D eigenvalue weighted by atomic mass is 32.2. The normalized spacial score (nSPS) is 15.7. The van der Waals surface area contributed by atoms with Crippen molar-refractivity contribution in [3.8, 4) is 5.75 Å². The van der Waals surface area contributed by atoms with Crippen LogP contribution in [0.15, 0.2) is 24.3 Å². The molecule has 0 aliphatic rings. The second-order valence-corrected chi connectivity index (χ2v) is 7.34. The smallest absolute Gasteiger partial charge is 0.480 e. The number of hydrogen-bond acceptors (Lipinski definition) is 5. The van der Waals surface area contributed by atoms with Gasteiger partial charge in [0, 0.05) is 21.2 Å². The van der Waals surface area contributed by atoms with Gasteiger partial charge in [-0.3, -0.25) is 9.57 Å². The van der Waals surface area contributed by atoms with Gasteiger partial charge in [-0.1, -0.05) is 12.1 Å². The van der Waals surface area contributed by atoms with E-state index < -0.39 is 28.1 Å². The summed E-state index contributed by atoms with van der Waals surface area (Å²) in [5.74, 6) is -1.91. The summed E-state index contributed by atoms with van der Waals surface area (Å²) in [6, 6.07) is 4.00. The maximum atomic E-state index is 12.1. The van der Waals surface area contributed by atoms with Gasteiger partial charge in [0.25, 0.3) is 0 Å². The first-order valence-electron chi connectivity index (χ1n) is 6.56. The summed E-state index contributed by atoms with van der Waals surface area (Å²) in [5, 5.41) is 8.63. The van der Waals surface area contributed by atoms with Crippen molar-refractivity contribution in [3.05, 3.63) is 29.8 Å². The number of nitrogens with two attached hydrogens (primary N) is 1. The lowest BCUT2D eigenvalue weighted by atomic mass is 10.2. The Morgan fingerprint density at radius 3 is 2.61 bits per heavy atom. The van der Waals surface area contributed by atoms with E-state index in [1.165, 1.54) is 12.1 Å². The topological polar surface area (TPSA) is 113 Å². The molecular formula is C13H17F3N2O4S. The number of halogens is 3. The number of ether oxygens (including phenoxy) is 1. The summed E-state index contributed by atoms with van der Waals surface area (Å²) in [6.45, 7) is 0. The average molecular weight is 354 g/mol. The summed E-state index contributed by atoms with van der Waals surface area (Å²) >= 11 is 0. The molecule has 1 aromatic carbocycles. The van der Waals surface area contributed by atoms with Gasteiger partial charge in [-0.2, -0.15) is 0 Å². The molecule has 0 heterocycles. The molecule has 0 aliphatic heterocycles. The summed E-state index contributed by atoms with van der Waals surface area (Å²) in [7, 11) is -3.06. The molecule has 0 saturated carbocycles. The van der Waals surface area contributed by atoms with Crippen LogP contribution in [0.25, 0.3) is 0 Å². The molecule has 0 saturated heterocycles. The molecule has 2 atom stereocenters. The number of alkyl halides is 3. The van der Waals surface area contributed by atoms with Gasteiger partial charge >= 0.3 is 12.3 Å². The molecule has 0 amide bonds. The van der Waals surface area contributed by atoms with Gasteiger partial charge in [0.1, 0.15) is 11.8 Å². The van der Waals surface area contributed by atoms with Crippen molar-refractivity contribution in [1.82, 2.24) is 0 Å². The van der Waals surface area contributed by atoms with Crippen molar-refractivity contribution < 1.29 is 32.0 Å². The van der Waals surface area contributed by atoms with Gasteiger partial charge in [0.2, 0.25) is 0 Å². The minimum atomic E-state index is -4.80. The van der Waals surface area contributed by atoms with Crippen LogP contribution in [-0.4, -0.2) is 39.2 Å². The molecule has 1 rings (SSSR count). The highest BCUT2D eigenvalue weighted by Gasteiger charge is 2.31. The highest BCUT2D eigenvalue weighted by Crippen LogP contribution is 2.23. The van der Waals surface area contributed by atoms with Crippen LogP contribution in [0.5, 0.6) is 5.75 Å². The number of carboxylic acid groups (broad SMARTS) is 1. The van der Waals surface area contributed by atoms with Gasteiger partial charge in [0.15, 0.2) is 0 Å². The molecule has 130 valence electrons. The largest absolute Gasteiger partial charge is 0.573 e.